The van der Waals surface area contributed by atoms with Gasteiger partial charge in [-0.05, 0) is 37.3 Å². The molecule has 124 valence electrons. The summed E-state index contributed by atoms with van der Waals surface area (Å²) in [5, 5.41) is 8.97. The molecule has 0 unspecified atom stereocenters. The van der Waals surface area contributed by atoms with Crippen molar-refractivity contribution in [2.24, 2.45) is 0 Å². The third-order valence-corrected chi connectivity index (χ3v) is 4.72. The minimum atomic E-state index is -3.89. The van der Waals surface area contributed by atoms with Gasteiger partial charge >= 0.3 is 5.97 Å². The van der Waals surface area contributed by atoms with E-state index in [2.05, 4.69) is 9.97 Å². The number of hydrogen-bond acceptors (Lipinski definition) is 5. The predicted molar refractivity (Wildman–Crippen MR) is 86.2 cm³/mol. The standard InChI is InChI=1S/C16H14N2O5S/c1-10-2-5-12(6-3-10)24(21,22)23-9-15-17-13-7-4-11(16(19)20)8-14(13)18-15/h2-8H,9H2,1H3,(H,17,18)(H,19,20). The van der Waals surface area contributed by atoms with Gasteiger partial charge in [0.2, 0.25) is 0 Å². The number of rotatable bonds is 5. The number of carbonyl (C=O) groups is 1. The molecule has 24 heavy (non-hydrogen) atoms. The van der Waals surface area contributed by atoms with Crippen molar-refractivity contribution < 1.29 is 22.5 Å². The number of nitrogens with zero attached hydrogens (tertiary/aromatic N) is 1. The molecule has 0 bridgehead atoms. The van der Waals surface area contributed by atoms with Crippen molar-refractivity contribution in [2.75, 3.05) is 0 Å². The molecule has 1 aromatic heterocycles. The molecule has 2 aromatic carbocycles. The predicted octanol–water partition coefficient (Wildman–Crippen LogP) is 2.48. The van der Waals surface area contributed by atoms with Crippen LogP contribution in [0.15, 0.2) is 47.4 Å². The summed E-state index contributed by atoms with van der Waals surface area (Å²) >= 11 is 0. The van der Waals surface area contributed by atoms with Crippen LogP contribution in [0.2, 0.25) is 0 Å². The first kappa shape index (κ1) is 16.2. The number of aryl methyl sites for hydroxylation is 1. The molecule has 0 saturated heterocycles. The Morgan fingerprint density at radius 3 is 2.58 bits per heavy atom. The summed E-state index contributed by atoms with van der Waals surface area (Å²) in [6, 6.07) is 10.7. The van der Waals surface area contributed by atoms with Crippen LogP contribution in [0, 0.1) is 6.92 Å². The van der Waals surface area contributed by atoms with E-state index in [9.17, 15) is 13.2 Å². The van der Waals surface area contributed by atoms with Crippen LogP contribution in [-0.2, 0) is 20.9 Å². The number of imidazole rings is 1. The number of carboxylic acids is 1. The molecule has 0 saturated carbocycles. The van der Waals surface area contributed by atoms with Crippen molar-refractivity contribution in [3.63, 3.8) is 0 Å². The third kappa shape index (κ3) is 3.29. The van der Waals surface area contributed by atoms with Crippen molar-refractivity contribution in [2.45, 2.75) is 18.4 Å². The van der Waals surface area contributed by atoms with Crippen molar-refractivity contribution in [1.29, 1.82) is 0 Å². The van der Waals surface area contributed by atoms with E-state index in [4.69, 9.17) is 9.29 Å². The lowest BCUT2D eigenvalue weighted by Crippen LogP contribution is -2.07. The summed E-state index contributed by atoms with van der Waals surface area (Å²) < 4.78 is 29.3. The number of aromatic carboxylic acids is 1. The number of hydrogen-bond donors (Lipinski definition) is 2. The molecule has 0 spiro atoms. The first-order chi connectivity index (χ1) is 11.3. The number of fused-ring (bicyclic) bond motifs is 1. The molecular weight excluding hydrogens is 332 g/mol. The average Bonchev–Trinajstić information content (AvgIpc) is 2.95. The van der Waals surface area contributed by atoms with Crippen molar-refractivity contribution in [3.8, 4) is 0 Å². The van der Waals surface area contributed by atoms with E-state index in [1.165, 1.54) is 24.3 Å². The highest BCUT2D eigenvalue weighted by atomic mass is 32.2. The molecular formula is C16H14N2O5S. The summed E-state index contributed by atoms with van der Waals surface area (Å²) in [5.41, 5.74) is 2.10. The van der Waals surface area contributed by atoms with Crippen LogP contribution in [0.4, 0.5) is 0 Å². The molecule has 0 amide bonds. The summed E-state index contributed by atoms with van der Waals surface area (Å²) in [7, 11) is -3.89. The maximum Gasteiger partial charge on any atom is 0.335 e. The zero-order valence-corrected chi connectivity index (χ0v) is 13.5. The highest BCUT2D eigenvalue weighted by Gasteiger charge is 2.16. The molecule has 3 rings (SSSR count). The second-order valence-electron chi connectivity index (χ2n) is 5.25. The molecule has 7 nitrogen and oxygen atoms in total. The summed E-state index contributed by atoms with van der Waals surface area (Å²) in [4.78, 5) is 18.1. The first-order valence-electron chi connectivity index (χ1n) is 7.03. The fourth-order valence-corrected chi connectivity index (χ4v) is 3.04. The molecule has 0 fully saturated rings. The van der Waals surface area contributed by atoms with Crippen LogP contribution >= 0.6 is 0 Å². The molecule has 0 aliphatic heterocycles. The van der Waals surface area contributed by atoms with Crippen LogP contribution in [-0.4, -0.2) is 29.5 Å². The molecule has 8 heteroatoms. The lowest BCUT2D eigenvalue weighted by Gasteiger charge is -2.04. The summed E-state index contributed by atoms with van der Waals surface area (Å²) in [6.45, 7) is 1.59. The van der Waals surface area contributed by atoms with E-state index in [1.807, 2.05) is 6.92 Å². The fourth-order valence-electron chi connectivity index (χ4n) is 2.17. The van der Waals surface area contributed by atoms with Gasteiger partial charge in [0, 0.05) is 0 Å². The summed E-state index contributed by atoms with van der Waals surface area (Å²) in [5.74, 6) is -0.755. The van der Waals surface area contributed by atoms with Gasteiger partial charge < -0.3 is 10.1 Å². The monoisotopic (exact) mass is 346 g/mol. The zero-order chi connectivity index (χ0) is 17.3. The SMILES string of the molecule is Cc1ccc(S(=O)(=O)OCc2nc3ccc(C(=O)O)cc3[nH]2)cc1. The second-order valence-corrected chi connectivity index (χ2v) is 6.87. The number of carboxylic acid groups (broad SMARTS) is 1. The van der Waals surface area contributed by atoms with Crippen molar-refractivity contribution in [3.05, 3.63) is 59.4 Å². The topological polar surface area (TPSA) is 109 Å². The van der Waals surface area contributed by atoms with Crippen LogP contribution in [0.3, 0.4) is 0 Å². The maximum atomic E-state index is 12.1. The van der Waals surface area contributed by atoms with Crippen LogP contribution in [0.1, 0.15) is 21.7 Å². The lowest BCUT2D eigenvalue weighted by molar-refractivity contribution is 0.0697. The van der Waals surface area contributed by atoms with E-state index in [1.54, 1.807) is 18.2 Å². The Balaban J connectivity index is 1.80. The van der Waals surface area contributed by atoms with Crippen LogP contribution < -0.4 is 0 Å². The average molecular weight is 346 g/mol. The van der Waals surface area contributed by atoms with Crippen LogP contribution in [0.5, 0.6) is 0 Å². The Labute approximate surface area is 138 Å². The van der Waals surface area contributed by atoms with Gasteiger partial charge in [0.05, 0.1) is 21.5 Å². The number of benzene rings is 2. The number of aromatic nitrogens is 2. The van der Waals surface area contributed by atoms with Crippen molar-refractivity contribution >= 4 is 27.1 Å². The van der Waals surface area contributed by atoms with Gasteiger partial charge in [-0.2, -0.15) is 8.42 Å². The molecule has 0 aliphatic carbocycles. The van der Waals surface area contributed by atoms with Gasteiger partial charge in [-0.25, -0.2) is 9.78 Å². The molecule has 0 radical (unpaired) electrons. The number of H-pyrrole nitrogens is 1. The first-order valence-corrected chi connectivity index (χ1v) is 8.44. The Morgan fingerprint density at radius 2 is 1.92 bits per heavy atom. The van der Waals surface area contributed by atoms with E-state index >= 15 is 0 Å². The highest BCUT2D eigenvalue weighted by molar-refractivity contribution is 7.86. The van der Waals surface area contributed by atoms with Gasteiger partial charge in [-0.1, -0.05) is 17.7 Å². The molecule has 0 atom stereocenters. The molecule has 0 aliphatic rings. The van der Waals surface area contributed by atoms with E-state index < -0.39 is 16.1 Å². The Bertz CT molecular complexity index is 1010. The van der Waals surface area contributed by atoms with E-state index in [0.717, 1.165) is 5.56 Å². The second kappa shape index (κ2) is 6.06. The largest absolute Gasteiger partial charge is 0.478 e. The molecule has 3 aromatic rings. The zero-order valence-electron chi connectivity index (χ0n) is 12.7. The van der Waals surface area contributed by atoms with Crippen molar-refractivity contribution in [1.82, 2.24) is 9.97 Å². The number of aromatic amines is 1. The normalized spacial score (nSPS) is 11.7. The van der Waals surface area contributed by atoms with Gasteiger partial charge in [-0.3, -0.25) is 4.18 Å². The smallest absolute Gasteiger partial charge is 0.335 e. The minimum Gasteiger partial charge on any atom is -0.478 e. The molecule has 2 N–H and O–H groups in total. The number of nitrogens with one attached hydrogen (secondary N) is 1. The quantitative estimate of drug-likeness (QED) is 0.687. The maximum absolute atomic E-state index is 12.1. The van der Waals surface area contributed by atoms with E-state index in [-0.39, 0.29) is 17.1 Å². The third-order valence-electron chi connectivity index (χ3n) is 3.44. The Hall–Kier alpha value is -2.71. The van der Waals surface area contributed by atoms with Gasteiger partial charge in [-0.15, -0.1) is 0 Å². The van der Waals surface area contributed by atoms with Gasteiger partial charge in [0.25, 0.3) is 10.1 Å². The Kier molecular flexibility index (Phi) is 4.08. The highest BCUT2D eigenvalue weighted by Crippen LogP contribution is 2.17. The van der Waals surface area contributed by atoms with Crippen LogP contribution in [0.25, 0.3) is 11.0 Å². The fraction of sp³-hybridized carbons (Fsp3) is 0.125. The van der Waals surface area contributed by atoms with Gasteiger partial charge in [0.15, 0.2) is 0 Å². The van der Waals surface area contributed by atoms with E-state index in [0.29, 0.717) is 16.9 Å². The van der Waals surface area contributed by atoms with Gasteiger partial charge in [0.1, 0.15) is 12.4 Å². The Morgan fingerprint density at radius 1 is 1.21 bits per heavy atom. The lowest BCUT2D eigenvalue weighted by atomic mass is 10.2. The minimum absolute atomic E-state index is 0.0670. The molecule has 1 heterocycles. The summed E-state index contributed by atoms with van der Waals surface area (Å²) in [6.07, 6.45) is 0.